The fraction of sp³-hybridized carbons (Fsp3) is 0.367. The molecule has 0 spiro atoms. The van der Waals surface area contributed by atoms with Crippen LogP contribution in [0.5, 0.6) is 0 Å². The second-order valence-corrected chi connectivity index (χ2v) is 11.9. The van der Waals surface area contributed by atoms with Gasteiger partial charge in [-0.15, -0.1) is 0 Å². The first-order chi connectivity index (χ1) is 17.4. The van der Waals surface area contributed by atoms with Gasteiger partial charge in [-0.1, -0.05) is 75.7 Å². The Morgan fingerprint density at radius 1 is 0.892 bits per heavy atom. The topological polar surface area (TPSA) is 66.5 Å². The van der Waals surface area contributed by atoms with Crippen LogP contribution in [-0.2, 0) is 22.0 Å². The summed E-state index contributed by atoms with van der Waals surface area (Å²) in [7, 11) is 0.888. The lowest BCUT2D eigenvalue weighted by Crippen LogP contribution is -2.25. The van der Waals surface area contributed by atoms with Crippen LogP contribution >= 0.6 is 11.6 Å². The fourth-order valence-corrected chi connectivity index (χ4v) is 5.46. The quantitative estimate of drug-likeness (QED) is 0.289. The van der Waals surface area contributed by atoms with Gasteiger partial charge in [0.2, 0.25) is 5.91 Å². The van der Waals surface area contributed by atoms with Crippen molar-refractivity contribution in [2.24, 2.45) is 0 Å². The minimum atomic E-state index is -3.09. The maximum Gasteiger partial charge on any atom is 0.247 e. The Labute approximate surface area is 227 Å². The van der Waals surface area contributed by atoms with E-state index in [1.165, 1.54) is 0 Å². The normalized spacial score (nSPS) is 12.5. The first kappa shape index (κ1) is 28.9. The molecule has 0 fully saturated rings. The standard InChI is InChI=1S/C30H37ClN2O3S/c1-18(2)25-14-23(22-11-8-20(5)27(31)16-22)15-26(19(3)4)28(25)29(37(35)36)30(34)32-24-12-9-21(10-13-24)17-33(6)7/h8-16,18-19,29,37H,17H2,1-7H3,(H,32,34). The number of hydrogen-bond acceptors (Lipinski definition) is 4. The third-order valence-corrected chi connectivity index (χ3v) is 7.77. The molecule has 0 aliphatic carbocycles. The molecule has 198 valence electrons. The monoisotopic (exact) mass is 540 g/mol. The number of aryl methyl sites for hydroxylation is 1. The molecule has 0 bridgehead atoms. The highest BCUT2D eigenvalue weighted by Gasteiger charge is 2.31. The smallest absolute Gasteiger partial charge is 0.247 e. The Balaban J connectivity index is 2.10. The van der Waals surface area contributed by atoms with Crippen LogP contribution < -0.4 is 5.32 Å². The van der Waals surface area contributed by atoms with Crippen LogP contribution in [0, 0.1) is 6.92 Å². The molecule has 3 aromatic rings. The van der Waals surface area contributed by atoms with E-state index in [0.29, 0.717) is 16.3 Å². The zero-order chi connectivity index (χ0) is 27.4. The molecule has 1 N–H and O–H groups in total. The molecule has 0 aliphatic heterocycles. The Bertz CT molecular complexity index is 1310. The summed E-state index contributed by atoms with van der Waals surface area (Å²) in [6.45, 7) is 10.8. The van der Waals surface area contributed by atoms with Crippen molar-refractivity contribution in [2.45, 2.75) is 58.2 Å². The molecule has 7 heteroatoms. The van der Waals surface area contributed by atoms with E-state index in [9.17, 15) is 13.2 Å². The number of halogens is 1. The second kappa shape index (κ2) is 12.2. The van der Waals surface area contributed by atoms with Gasteiger partial charge in [-0.25, -0.2) is 8.42 Å². The lowest BCUT2D eigenvalue weighted by molar-refractivity contribution is -0.115. The lowest BCUT2D eigenvalue weighted by Gasteiger charge is -2.25. The zero-order valence-corrected chi connectivity index (χ0v) is 24.3. The van der Waals surface area contributed by atoms with Gasteiger partial charge in [0.1, 0.15) is 0 Å². The van der Waals surface area contributed by atoms with Gasteiger partial charge in [0.25, 0.3) is 0 Å². The van der Waals surface area contributed by atoms with E-state index in [4.69, 9.17) is 11.6 Å². The van der Waals surface area contributed by atoms with Gasteiger partial charge in [-0.05, 0) is 90.0 Å². The summed E-state index contributed by atoms with van der Waals surface area (Å²) in [6.07, 6.45) is 0. The van der Waals surface area contributed by atoms with Gasteiger partial charge >= 0.3 is 0 Å². The summed E-state index contributed by atoms with van der Waals surface area (Å²) < 4.78 is 25.3. The maximum atomic E-state index is 13.5. The molecule has 1 unspecified atom stereocenters. The number of rotatable bonds is 9. The molecule has 3 rings (SSSR count). The second-order valence-electron chi connectivity index (χ2n) is 10.5. The minimum Gasteiger partial charge on any atom is -0.325 e. The van der Waals surface area contributed by atoms with Crippen molar-refractivity contribution in [3.8, 4) is 11.1 Å². The van der Waals surface area contributed by atoms with E-state index in [2.05, 4.69) is 10.2 Å². The van der Waals surface area contributed by atoms with Crippen molar-refractivity contribution in [3.63, 3.8) is 0 Å². The van der Waals surface area contributed by atoms with Gasteiger partial charge in [0.05, 0.1) is 0 Å². The van der Waals surface area contributed by atoms with Gasteiger partial charge in [-0.2, -0.15) is 0 Å². The van der Waals surface area contributed by atoms with E-state index in [-0.39, 0.29) is 11.8 Å². The molecular weight excluding hydrogens is 504 g/mol. The van der Waals surface area contributed by atoms with Crippen molar-refractivity contribution >= 4 is 33.9 Å². The molecule has 0 saturated carbocycles. The number of nitrogens with zero attached hydrogens (tertiary/aromatic N) is 1. The van der Waals surface area contributed by atoms with Crippen LogP contribution in [0.4, 0.5) is 5.69 Å². The number of nitrogens with one attached hydrogen (secondary N) is 1. The van der Waals surface area contributed by atoms with Crippen LogP contribution in [0.15, 0.2) is 54.6 Å². The van der Waals surface area contributed by atoms with Crippen molar-refractivity contribution in [2.75, 3.05) is 19.4 Å². The number of anilines is 1. The summed E-state index contributed by atoms with van der Waals surface area (Å²) in [5.74, 6) is -0.542. The fourth-order valence-electron chi connectivity index (χ4n) is 4.51. The molecule has 1 atom stereocenters. The van der Waals surface area contributed by atoms with E-state index in [0.717, 1.165) is 39.9 Å². The number of amides is 1. The Morgan fingerprint density at radius 3 is 1.92 bits per heavy atom. The third kappa shape index (κ3) is 7.01. The Morgan fingerprint density at radius 2 is 1.46 bits per heavy atom. The van der Waals surface area contributed by atoms with Crippen molar-refractivity contribution < 1.29 is 13.2 Å². The summed E-state index contributed by atoms with van der Waals surface area (Å²) in [5.41, 5.74) is 6.83. The largest absolute Gasteiger partial charge is 0.325 e. The predicted molar refractivity (Wildman–Crippen MR) is 155 cm³/mol. The highest BCUT2D eigenvalue weighted by Crippen LogP contribution is 2.39. The zero-order valence-electron chi connectivity index (χ0n) is 22.6. The maximum absolute atomic E-state index is 13.5. The highest BCUT2D eigenvalue weighted by atomic mass is 35.5. The van der Waals surface area contributed by atoms with Crippen LogP contribution in [0.2, 0.25) is 5.02 Å². The molecule has 37 heavy (non-hydrogen) atoms. The summed E-state index contributed by atoms with van der Waals surface area (Å²) in [6, 6.07) is 17.4. The van der Waals surface area contributed by atoms with E-state index in [1.54, 1.807) is 0 Å². The molecule has 1 amide bonds. The molecule has 0 heterocycles. The summed E-state index contributed by atoms with van der Waals surface area (Å²) in [5, 5.41) is 2.21. The van der Waals surface area contributed by atoms with E-state index in [1.807, 2.05) is 103 Å². The molecular formula is C30H37ClN2O3S. The molecule has 0 saturated heterocycles. The summed E-state index contributed by atoms with van der Waals surface area (Å²) >= 11 is 6.41. The van der Waals surface area contributed by atoms with Crippen LogP contribution in [0.1, 0.15) is 72.6 Å². The summed E-state index contributed by atoms with van der Waals surface area (Å²) in [4.78, 5) is 15.5. The molecule has 5 nitrogen and oxygen atoms in total. The third-order valence-electron chi connectivity index (χ3n) is 6.45. The predicted octanol–water partition coefficient (Wildman–Crippen LogP) is 6.92. The van der Waals surface area contributed by atoms with Gasteiger partial charge in [-0.3, -0.25) is 4.79 Å². The highest BCUT2D eigenvalue weighted by molar-refractivity contribution is 7.73. The Kier molecular flexibility index (Phi) is 9.57. The number of carbonyl (C=O) groups is 1. The van der Waals surface area contributed by atoms with Crippen molar-refractivity contribution in [1.29, 1.82) is 0 Å². The number of hydrogen-bond donors (Lipinski definition) is 2. The lowest BCUT2D eigenvalue weighted by atomic mass is 9.83. The van der Waals surface area contributed by atoms with Gasteiger partial charge in [0, 0.05) is 17.3 Å². The van der Waals surface area contributed by atoms with E-state index >= 15 is 0 Å². The van der Waals surface area contributed by atoms with Crippen LogP contribution in [-0.4, -0.2) is 33.3 Å². The molecule has 3 aromatic carbocycles. The van der Waals surface area contributed by atoms with Crippen LogP contribution in [0.25, 0.3) is 11.1 Å². The molecule has 0 radical (unpaired) electrons. The number of benzene rings is 3. The first-order valence-electron chi connectivity index (χ1n) is 12.5. The number of thiol groups is 1. The van der Waals surface area contributed by atoms with Crippen molar-refractivity contribution in [1.82, 2.24) is 4.90 Å². The minimum absolute atomic E-state index is 0.00365. The molecule has 0 aliphatic rings. The number of carbonyl (C=O) groups excluding carboxylic acids is 1. The molecule has 0 aromatic heterocycles. The van der Waals surface area contributed by atoms with Gasteiger partial charge in [0.15, 0.2) is 16.0 Å². The Hall–Kier alpha value is -2.67. The average molecular weight is 541 g/mol. The van der Waals surface area contributed by atoms with E-state index < -0.39 is 21.9 Å². The van der Waals surface area contributed by atoms with Gasteiger partial charge < -0.3 is 10.2 Å². The first-order valence-corrected chi connectivity index (χ1v) is 14.1. The van der Waals surface area contributed by atoms with Crippen molar-refractivity contribution in [3.05, 3.63) is 87.4 Å². The van der Waals surface area contributed by atoms with Crippen LogP contribution in [0.3, 0.4) is 0 Å². The average Bonchev–Trinajstić information content (AvgIpc) is 2.81. The SMILES string of the molecule is Cc1ccc(-c2cc(C(C)C)c(C(C(=O)Nc3ccc(CN(C)C)cc3)[SH](=O)=O)c(C(C)C)c2)cc1Cl.